The van der Waals surface area contributed by atoms with Gasteiger partial charge in [-0.05, 0) is 30.7 Å². The van der Waals surface area contributed by atoms with Crippen LogP contribution in [0.1, 0.15) is 51.9 Å². The molecule has 0 spiro atoms. The molecule has 0 atom stereocenters. The lowest BCUT2D eigenvalue weighted by molar-refractivity contribution is -0.116. The summed E-state index contributed by atoms with van der Waals surface area (Å²) in [7, 11) is 1.56. The number of urea groups is 1. The Morgan fingerprint density at radius 3 is 2.00 bits per heavy atom. The molecule has 1 aromatic rings. The Labute approximate surface area is 132 Å². The zero-order chi connectivity index (χ0) is 16.2. The molecule has 0 aliphatic rings. The van der Waals surface area contributed by atoms with Crippen LogP contribution < -0.4 is 16.0 Å². The molecule has 0 saturated heterocycles. The van der Waals surface area contributed by atoms with Crippen molar-refractivity contribution in [2.45, 2.75) is 51.9 Å². The number of carbonyl (C=O) groups excluding carboxylic acids is 2. The average molecular weight is 305 g/mol. The van der Waals surface area contributed by atoms with Crippen LogP contribution in [0.25, 0.3) is 0 Å². The smallest absolute Gasteiger partial charge is 0.318 e. The number of nitrogens with one attached hydrogen (secondary N) is 3. The first-order chi connectivity index (χ1) is 10.7. The van der Waals surface area contributed by atoms with Crippen LogP contribution in [0.15, 0.2) is 24.3 Å². The quantitative estimate of drug-likeness (QED) is 0.600. The van der Waals surface area contributed by atoms with Gasteiger partial charge in [-0.1, -0.05) is 39.0 Å². The van der Waals surface area contributed by atoms with Gasteiger partial charge in [-0.25, -0.2) is 4.79 Å². The fraction of sp³-hybridized carbons (Fsp3) is 0.529. The summed E-state index contributed by atoms with van der Waals surface area (Å²) in [4.78, 5) is 23.0. The first-order valence-corrected chi connectivity index (χ1v) is 8.04. The molecule has 1 aromatic carbocycles. The van der Waals surface area contributed by atoms with Crippen molar-refractivity contribution in [2.75, 3.05) is 17.7 Å². The number of anilines is 2. The summed E-state index contributed by atoms with van der Waals surface area (Å²) in [6.07, 6.45) is 7.60. The molecule has 122 valence electrons. The van der Waals surface area contributed by atoms with Crippen LogP contribution in [0.2, 0.25) is 0 Å². The summed E-state index contributed by atoms with van der Waals surface area (Å²) in [5, 5.41) is 8.02. The van der Waals surface area contributed by atoms with Crippen molar-refractivity contribution in [3.63, 3.8) is 0 Å². The summed E-state index contributed by atoms with van der Waals surface area (Å²) < 4.78 is 0. The minimum atomic E-state index is -0.264. The Kier molecular flexibility index (Phi) is 8.72. The predicted molar refractivity (Wildman–Crippen MR) is 91.1 cm³/mol. The molecule has 0 fully saturated rings. The molecule has 3 amide bonds. The van der Waals surface area contributed by atoms with Crippen molar-refractivity contribution in [1.82, 2.24) is 5.32 Å². The van der Waals surface area contributed by atoms with Gasteiger partial charge in [0.25, 0.3) is 0 Å². The summed E-state index contributed by atoms with van der Waals surface area (Å²) in [5.74, 6) is 0.0440. The minimum absolute atomic E-state index is 0.0440. The van der Waals surface area contributed by atoms with Crippen LogP contribution in [-0.2, 0) is 4.79 Å². The number of hydrogen-bond donors (Lipinski definition) is 3. The maximum Gasteiger partial charge on any atom is 0.318 e. The van der Waals surface area contributed by atoms with E-state index < -0.39 is 0 Å². The number of rotatable bonds is 9. The topological polar surface area (TPSA) is 70.2 Å². The molecule has 0 aliphatic heterocycles. The van der Waals surface area contributed by atoms with E-state index in [-0.39, 0.29) is 11.9 Å². The molecule has 1 rings (SSSR count). The number of carbonyl (C=O) groups is 2. The van der Waals surface area contributed by atoms with E-state index >= 15 is 0 Å². The monoisotopic (exact) mass is 305 g/mol. The zero-order valence-corrected chi connectivity index (χ0v) is 13.6. The first kappa shape index (κ1) is 18.0. The van der Waals surface area contributed by atoms with Gasteiger partial charge in [-0.2, -0.15) is 0 Å². The van der Waals surface area contributed by atoms with Crippen LogP contribution in [0.4, 0.5) is 16.2 Å². The van der Waals surface area contributed by atoms with Crippen molar-refractivity contribution in [3.05, 3.63) is 24.3 Å². The molecular formula is C17H27N3O2. The fourth-order valence-electron chi connectivity index (χ4n) is 2.12. The van der Waals surface area contributed by atoms with Gasteiger partial charge in [-0.15, -0.1) is 0 Å². The summed E-state index contributed by atoms with van der Waals surface area (Å²) >= 11 is 0. The normalized spacial score (nSPS) is 10.1. The van der Waals surface area contributed by atoms with Gasteiger partial charge >= 0.3 is 6.03 Å². The Hall–Kier alpha value is -2.04. The summed E-state index contributed by atoms with van der Waals surface area (Å²) in [5.41, 5.74) is 1.44. The number of hydrogen-bond acceptors (Lipinski definition) is 2. The third-order valence-electron chi connectivity index (χ3n) is 3.41. The Morgan fingerprint density at radius 2 is 1.41 bits per heavy atom. The molecule has 0 aliphatic carbocycles. The van der Waals surface area contributed by atoms with Gasteiger partial charge in [0.05, 0.1) is 0 Å². The second-order valence-corrected chi connectivity index (χ2v) is 5.35. The standard InChI is InChI=1S/C17H27N3O2/c1-3-4-5-6-7-8-9-16(21)19-14-10-12-15(13-11-14)20-17(22)18-2/h10-13H,3-9H2,1-2H3,(H,19,21)(H2,18,20,22). The van der Waals surface area contributed by atoms with Crippen LogP contribution in [0.3, 0.4) is 0 Å². The van der Waals surface area contributed by atoms with E-state index in [1.165, 1.54) is 25.7 Å². The lowest BCUT2D eigenvalue weighted by atomic mass is 10.1. The van der Waals surface area contributed by atoms with Gasteiger partial charge in [0, 0.05) is 24.8 Å². The molecular weight excluding hydrogens is 278 g/mol. The highest BCUT2D eigenvalue weighted by Gasteiger charge is 2.03. The zero-order valence-electron chi connectivity index (χ0n) is 13.6. The van der Waals surface area contributed by atoms with Gasteiger partial charge in [0.1, 0.15) is 0 Å². The van der Waals surface area contributed by atoms with Crippen LogP contribution in [-0.4, -0.2) is 19.0 Å². The Balaban J connectivity index is 2.25. The Morgan fingerprint density at radius 1 is 0.864 bits per heavy atom. The van der Waals surface area contributed by atoms with Gasteiger partial charge < -0.3 is 16.0 Å². The molecule has 22 heavy (non-hydrogen) atoms. The van der Waals surface area contributed by atoms with Crippen molar-refractivity contribution in [1.29, 1.82) is 0 Å². The summed E-state index contributed by atoms with van der Waals surface area (Å²) in [6, 6.07) is 6.82. The molecule has 5 nitrogen and oxygen atoms in total. The van der Waals surface area contributed by atoms with E-state index in [0.717, 1.165) is 18.5 Å². The lowest BCUT2D eigenvalue weighted by Gasteiger charge is -2.07. The van der Waals surface area contributed by atoms with Crippen LogP contribution >= 0.6 is 0 Å². The van der Waals surface area contributed by atoms with Crippen LogP contribution in [0.5, 0.6) is 0 Å². The molecule has 0 aromatic heterocycles. The highest BCUT2D eigenvalue weighted by atomic mass is 16.2. The average Bonchev–Trinajstić information content (AvgIpc) is 2.52. The third kappa shape index (κ3) is 7.67. The third-order valence-corrected chi connectivity index (χ3v) is 3.41. The van der Waals surface area contributed by atoms with Gasteiger partial charge in [0.15, 0.2) is 0 Å². The second-order valence-electron chi connectivity index (χ2n) is 5.35. The highest BCUT2D eigenvalue weighted by Crippen LogP contribution is 2.14. The number of benzene rings is 1. The van der Waals surface area contributed by atoms with Crippen molar-refractivity contribution in [2.24, 2.45) is 0 Å². The van der Waals surface area contributed by atoms with E-state index in [4.69, 9.17) is 0 Å². The van der Waals surface area contributed by atoms with Gasteiger partial charge in [-0.3, -0.25) is 4.79 Å². The minimum Gasteiger partial charge on any atom is -0.341 e. The molecule has 0 bridgehead atoms. The predicted octanol–water partition coefficient (Wildman–Crippen LogP) is 4.13. The van der Waals surface area contributed by atoms with E-state index in [1.54, 1.807) is 31.3 Å². The van der Waals surface area contributed by atoms with E-state index in [9.17, 15) is 9.59 Å². The van der Waals surface area contributed by atoms with Crippen LogP contribution in [0, 0.1) is 0 Å². The molecule has 0 saturated carbocycles. The largest absolute Gasteiger partial charge is 0.341 e. The van der Waals surface area contributed by atoms with E-state index in [0.29, 0.717) is 12.1 Å². The maximum atomic E-state index is 11.8. The molecule has 5 heteroatoms. The fourth-order valence-corrected chi connectivity index (χ4v) is 2.12. The lowest BCUT2D eigenvalue weighted by Crippen LogP contribution is -2.24. The number of amides is 3. The van der Waals surface area contributed by atoms with E-state index in [1.807, 2.05) is 0 Å². The SMILES string of the molecule is CCCCCCCCC(=O)Nc1ccc(NC(=O)NC)cc1. The molecule has 0 radical (unpaired) electrons. The van der Waals surface area contributed by atoms with Crippen molar-refractivity contribution >= 4 is 23.3 Å². The molecule has 3 N–H and O–H groups in total. The second kappa shape index (κ2) is 10.7. The van der Waals surface area contributed by atoms with Crippen molar-refractivity contribution in [3.8, 4) is 0 Å². The maximum absolute atomic E-state index is 11.8. The first-order valence-electron chi connectivity index (χ1n) is 8.04. The highest BCUT2D eigenvalue weighted by molar-refractivity contribution is 5.92. The summed E-state index contributed by atoms with van der Waals surface area (Å²) in [6.45, 7) is 2.20. The molecule has 0 unspecified atom stereocenters. The Bertz CT molecular complexity index is 457. The molecule has 0 heterocycles. The number of unbranched alkanes of at least 4 members (excludes halogenated alkanes) is 5. The van der Waals surface area contributed by atoms with E-state index in [2.05, 4.69) is 22.9 Å². The van der Waals surface area contributed by atoms with Crippen molar-refractivity contribution < 1.29 is 9.59 Å². The van der Waals surface area contributed by atoms with Gasteiger partial charge in [0.2, 0.25) is 5.91 Å².